The summed E-state index contributed by atoms with van der Waals surface area (Å²) in [6.45, 7) is 7.71. The number of hydrogen-bond donors (Lipinski definition) is 2. The van der Waals surface area contributed by atoms with Crippen LogP contribution >= 0.6 is 0 Å². The molecule has 0 aromatic heterocycles. The van der Waals surface area contributed by atoms with E-state index in [0.29, 0.717) is 11.8 Å². The van der Waals surface area contributed by atoms with Crippen LogP contribution in [0.2, 0.25) is 0 Å². The fourth-order valence-electron chi connectivity index (χ4n) is 4.53. The van der Waals surface area contributed by atoms with Crippen molar-refractivity contribution < 1.29 is 15.0 Å². The molecule has 0 spiro atoms. The predicted octanol–water partition coefficient (Wildman–Crippen LogP) is 4.51. The van der Waals surface area contributed by atoms with Crippen molar-refractivity contribution in [3.8, 4) is 0 Å². The Bertz CT molecular complexity index is 312. The van der Waals surface area contributed by atoms with Crippen LogP contribution in [0.15, 0.2) is 0 Å². The minimum atomic E-state index is -0.515. The minimum absolute atomic E-state index is 0.0272. The molecule has 0 radical (unpaired) electrons. The minimum Gasteiger partial charge on any atom is -0.481 e. The smallest absolute Gasteiger partial charge is 0.307 e. The van der Waals surface area contributed by atoms with Gasteiger partial charge in [0.2, 0.25) is 0 Å². The van der Waals surface area contributed by atoms with Gasteiger partial charge in [0.15, 0.2) is 0 Å². The first kappa shape index (κ1) is 21.4. The van der Waals surface area contributed by atoms with Crippen molar-refractivity contribution in [1.82, 2.24) is 4.90 Å². The average Bonchev–Trinajstić information content (AvgIpc) is 2.58. The van der Waals surface area contributed by atoms with Gasteiger partial charge < -0.3 is 10.2 Å². The monoisotopic (exact) mass is 341 g/mol. The van der Waals surface area contributed by atoms with Gasteiger partial charge in [0, 0.05) is 0 Å². The molecule has 2 aliphatic rings. The van der Waals surface area contributed by atoms with Crippen LogP contribution in [0.25, 0.3) is 0 Å². The Morgan fingerprint density at radius 1 is 0.917 bits per heavy atom. The number of carboxylic acid groups (broad SMARTS) is 1. The number of nitrogens with zero attached hydrogens (tertiary/aromatic N) is 1. The summed E-state index contributed by atoms with van der Waals surface area (Å²) in [6.07, 6.45) is 12.0. The second kappa shape index (κ2) is 11.9. The van der Waals surface area contributed by atoms with Crippen LogP contribution in [-0.4, -0.2) is 40.4 Å². The maximum atomic E-state index is 11.5. The van der Waals surface area contributed by atoms with Crippen LogP contribution in [0, 0.1) is 17.8 Å². The highest BCUT2D eigenvalue weighted by Crippen LogP contribution is 2.39. The topological polar surface area (TPSA) is 60.8 Å². The van der Waals surface area contributed by atoms with Crippen LogP contribution in [-0.2, 0) is 4.79 Å². The molecule has 0 saturated heterocycles. The van der Waals surface area contributed by atoms with Crippen molar-refractivity contribution >= 4 is 5.97 Å². The van der Waals surface area contributed by atoms with Crippen molar-refractivity contribution in [3.05, 3.63) is 0 Å². The molecular formula is C20H39NO3. The van der Waals surface area contributed by atoms with Gasteiger partial charge >= 0.3 is 5.97 Å². The molecule has 4 nitrogen and oxygen atoms in total. The van der Waals surface area contributed by atoms with E-state index in [0.717, 1.165) is 38.8 Å². The fraction of sp³-hybridized carbons (Fsp3) is 0.950. The predicted molar refractivity (Wildman–Crippen MR) is 98.9 cm³/mol. The first-order valence-electron chi connectivity index (χ1n) is 10.2. The molecule has 0 aromatic rings. The summed E-state index contributed by atoms with van der Waals surface area (Å²) in [4.78, 5) is 13.5. The highest BCUT2D eigenvalue weighted by molar-refractivity contribution is 5.70. The van der Waals surface area contributed by atoms with Gasteiger partial charge in [-0.05, 0) is 57.5 Å². The van der Waals surface area contributed by atoms with Crippen molar-refractivity contribution in [2.75, 3.05) is 13.1 Å². The zero-order valence-electron chi connectivity index (χ0n) is 16.0. The highest BCUT2D eigenvalue weighted by Gasteiger charge is 2.36. The lowest BCUT2D eigenvalue weighted by Gasteiger charge is -2.35. The molecule has 24 heavy (non-hydrogen) atoms. The molecule has 2 saturated carbocycles. The molecule has 0 aliphatic heterocycles. The van der Waals surface area contributed by atoms with E-state index in [4.69, 9.17) is 5.11 Å². The van der Waals surface area contributed by atoms with E-state index in [1.54, 1.807) is 6.92 Å². The summed E-state index contributed by atoms with van der Waals surface area (Å²) in [5, 5.41) is 18.4. The van der Waals surface area contributed by atoms with Crippen molar-refractivity contribution in [3.63, 3.8) is 0 Å². The lowest BCUT2D eigenvalue weighted by molar-refractivity contribution is -0.147. The standard InChI is InChI=1S/C14H24O2.C6H15NO/c15-14(16)13(11-7-3-1-4-8-11)12-9-5-2-6-10-12;1-4-7(5-2)6(3)8/h11-13H,1-10H2,(H,15,16);6,8H,4-5H2,1-3H3. The fourth-order valence-corrected chi connectivity index (χ4v) is 4.53. The van der Waals surface area contributed by atoms with Crippen LogP contribution in [0.4, 0.5) is 0 Å². The summed E-state index contributed by atoms with van der Waals surface area (Å²) in [6, 6.07) is 0. The summed E-state index contributed by atoms with van der Waals surface area (Å²) >= 11 is 0. The molecule has 0 aromatic carbocycles. The Labute approximate surface area is 148 Å². The first-order chi connectivity index (χ1) is 11.5. The van der Waals surface area contributed by atoms with Crippen molar-refractivity contribution in [2.24, 2.45) is 17.8 Å². The van der Waals surface area contributed by atoms with E-state index in [1.807, 2.05) is 18.7 Å². The molecule has 2 rings (SSSR count). The van der Waals surface area contributed by atoms with Crippen molar-refractivity contribution in [1.29, 1.82) is 0 Å². The summed E-state index contributed by atoms with van der Waals surface area (Å²) in [5.41, 5.74) is 0. The first-order valence-corrected chi connectivity index (χ1v) is 10.2. The second-order valence-electron chi connectivity index (χ2n) is 7.51. The maximum Gasteiger partial charge on any atom is 0.307 e. The Kier molecular flexibility index (Phi) is 10.6. The van der Waals surface area contributed by atoms with Gasteiger partial charge in [-0.3, -0.25) is 9.69 Å². The largest absolute Gasteiger partial charge is 0.481 e. The van der Waals surface area contributed by atoms with E-state index in [9.17, 15) is 9.90 Å². The average molecular weight is 342 g/mol. The maximum absolute atomic E-state index is 11.5. The Balaban J connectivity index is 0.000000307. The number of aliphatic hydroxyl groups is 1. The summed E-state index contributed by atoms with van der Waals surface area (Å²) in [7, 11) is 0. The third kappa shape index (κ3) is 7.10. The number of aliphatic hydroxyl groups excluding tert-OH is 1. The van der Waals surface area contributed by atoms with E-state index in [1.165, 1.54) is 38.5 Å². The Morgan fingerprint density at radius 2 is 1.29 bits per heavy atom. The van der Waals surface area contributed by atoms with E-state index in [-0.39, 0.29) is 12.1 Å². The SMILES string of the molecule is CCN(CC)C(C)O.O=C(O)C(C1CCCCC1)C1CCCCC1. The molecule has 4 heteroatoms. The molecule has 2 N–H and O–H groups in total. The molecule has 142 valence electrons. The molecule has 2 aliphatic carbocycles. The van der Waals surface area contributed by atoms with Gasteiger partial charge in [0.1, 0.15) is 6.23 Å². The summed E-state index contributed by atoms with van der Waals surface area (Å²) in [5.74, 6) is 0.420. The normalized spacial score (nSPS) is 21.4. The number of rotatable bonds is 6. The van der Waals surface area contributed by atoms with E-state index >= 15 is 0 Å². The van der Waals surface area contributed by atoms with Crippen LogP contribution in [0.3, 0.4) is 0 Å². The number of aliphatic carboxylic acids is 1. The van der Waals surface area contributed by atoms with Gasteiger partial charge in [-0.1, -0.05) is 52.4 Å². The molecule has 1 unspecified atom stereocenters. The van der Waals surface area contributed by atoms with Crippen LogP contribution in [0.1, 0.15) is 85.0 Å². The number of carboxylic acids is 1. The Hall–Kier alpha value is -0.610. The molecular weight excluding hydrogens is 302 g/mol. The zero-order valence-corrected chi connectivity index (χ0v) is 16.0. The molecule has 0 amide bonds. The molecule has 0 heterocycles. The third-order valence-electron chi connectivity index (χ3n) is 5.94. The summed E-state index contributed by atoms with van der Waals surface area (Å²) < 4.78 is 0. The Morgan fingerprint density at radius 3 is 1.50 bits per heavy atom. The quantitative estimate of drug-likeness (QED) is 0.698. The molecule has 1 atom stereocenters. The van der Waals surface area contributed by atoms with Crippen LogP contribution < -0.4 is 0 Å². The van der Waals surface area contributed by atoms with Gasteiger partial charge in [-0.15, -0.1) is 0 Å². The van der Waals surface area contributed by atoms with E-state index in [2.05, 4.69) is 0 Å². The highest BCUT2D eigenvalue weighted by atomic mass is 16.4. The molecule has 0 bridgehead atoms. The van der Waals surface area contributed by atoms with Gasteiger partial charge in [-0.25, -0.2) is 0 Å². The number of hydrogen-bond acceptors (Lipinski definition) is 3. The van der Waals surface area contributed by atoms with Crippen LogP contribution in [0.5, 0.6) is 0 Å². The van der Waals surface area contributed by atoms with Gasteiger partial charge in [0.05, 0.1) is 5.92 Å². The van der Waals surface area contributed by atoms with Crippen molar-refractivity contribution in [2.45, 2.75) is 91.2 Å². The molecule has 2 fully saturated rings. The number of carbonyl (C=O) groups is 1. The van der Waals surface area contributed by atoms with E-state index < -0.39 is 5.97 Å². The zero-order chi connectivity index (χ0) is 17.9. The van der Waals surface area contributed by atoms with Gasteiger partial charge in [0.25, 0.3) is 0 Å². The lowest BCUT2D eigenvalue weighted by atomic mass is 9.70. The third-order valence-corrected chi connectivity index (χ3v) is 5.94. The second-order valence-corrected chi connectivity index (χ2v) is 7.51. The van der Waals surface area contributed by atoms with Gasteiger partial charge in [-0.2, -0.15) is 0 Å². The lowest BCUT2D eigenvalue weighted by Crippen LogP contribution is -2.33.